The predicted octanol–water partition coefficient (Wildman–Crippen LogP) is 0.936. The Hall–Kier alpha value is -2.90. The Morgan fingerprint density at radius 3 is 2.26 bits per heavy atom. The quantitative estimate of drug-likeness (QED) is 0.520. The second-order valence-electron chi connectivity index (χ2n) is 4.99. The molecule has 0 unspecified atom stereocenters. The minimum absolute atomic E-state index is 0.108. The van der Waals surface area contributed by atoms with Gasteiger partial charge in [-0.2, -0.15) is 0 Å². The summed E-state index contributed by atoms with van der Waals surface area (Å²) < 4.78 is 0. The fourth-order valence-electron chi connectivity index (χ4n) is 1.99. The fraction of sp³-hybridized carbons (Fsp3) is 0.125. The molecule has 7 nitrogen and oxygen atoms in total. The average molecular weight is 315 g/mol. The van der Waals surface area contributed by atoms with Crippen molar-refractivity contribution in [2.24, 2.45) is 11.5 Å². The van der Waals surface area contributed by atoms with Crippen molar-refractivity contribution in [1.29, 1.82) is 0 Å². The Bertz CT molecular complexity index is 727. The molecule has 0 radical (unpaired) electrons. The van der Waals surface area contributed by atoms with Crippen molar-refractivity contribution in [1.82, 2.24) is 5.32 Å². The number of nitrogens with one attached hydrogen (secondary N) is 1. The highest BCUT2D eigenvalue weighted by molar-refractivity contribution is 5.96. The van der Waals surface area contributed by atoms with Crippen LogP contribution in [-0.2, 0) is 6.54 Å². The van der Waals surface area contributed by atoms with Crippen molar-refractivity contribution in [3.05, 3.63) is 64.7 Å². The summed E-state index contributed by atoms with van der Waals surface area (Å²) in [4.78, 5) is 22.8. The summed E-state index contributed by atoms with van der Waals surface area (Å²) in [6, 6.07) is 10.5. The third-order valence-corrected chi connectivity index (χ3v) is 3.31. The summed E-state index contributed by atoms with van der Waals surface area (Å²) in [5, 5.41) is 21.3. The SMILES string of the molecule is NC(N)c1ccc(C(=O)NCc2ccc(C(=O)O)cc2)c(O)c1. The average Bonchev–Trinajstić information content (AvgIpc) is 2.52. The number of phenols is 1. The number of hydrogen-bond donors (Lipinski definition) is 5. The summed E-state index contributed by atoms with van der Waals surface area (Å²) in [6.45, 7) is 0.205. The van der Waals surface area contributed by atoms with Gasteiger partial charge in [-0.15, -0.1) is 0 Å². The van der Waals surface area contributed by atoms with Gasteiger partial charge in [0.05, 0.1) is 17.3 Å². The largest absolute Gasteiger partial charge is 0.507 e. The van der Waals surface area contributed by atoms with E-state index < -0.39 is 18.0 Å². The molecule has 2 aromatic carbocycles. The van der Waals surface area contributed by atoms with Gasteiger partial charge >= 0.3 is 5.97 Å². The number of phenolic OH excluding ortho intramolecular Hbond substituents is 1. The normalized spacial score (nSPS) is 10.6. The molecule has 0 aliphatic heterocycles. The van der Waals surface area contributed by atoms with Crippen molar-refractivity contribution in [2.75, 3.05) is 0 Å². The molecule has 0 aliphatic rings. The topological polar surface area (TPSA) is 139 Å². The highest BCUT2D eigenvalue weighted by atomic mass is 16.4. The number of aromatic hydroxyl groups is 1. The molecular weight excluding hydrogens is 298 g/mol. The van der Waals surface area contributed by atoms with Gasteiger partial charge in [0.1, 0.15) is 5.75 Å². The molecule has 2 rings (SSSR count). The highest BCUT2D eigenvalue weighted by Crippen LogP contribution is 2.20. The molecule has 0 heterocycles. The Morgan fingerprint density at radius 1 is 1.09 bits per heavy atom. The van der Waals surface area contributed by atoms with Crippen LogP contribution in [0.1, 0.15) is 38.0 Å². The first-order chi connectivity index (χ1) is 10.9. The molecule has 23 heavy (non-hydrogen) atoms. The maximum absolute atomic E-state index is 12.1. The second-order valence-corrected chi connectivity index (χ2v) is 4.99. The summed E-state index contributed by atoms with van der Waals surface area (Å²) in [6.07, 6.45) is -0.731. The first-order valence-electron chi connectivity index (χ1n) is 6.83. The maximum atomic E-state index is 12.1. The number of benzene rings is 2. The number of carbonyl (C=O) groups excluding carboxylic acids is 1. The van der Waals surface area contributed by atoms with Crippen LogP contribution < -0.4 is 16.8 Å². The van der Waals surface area contributed by atoms with Crippen LogP contribution in [0, 0.1) is 0 Å². The molecule has 0 saturated heterocycles. The van der Waals surface area contributed by atoms with Crippen LogP contribution in [0.5, 0.6) is 5.75 Å². The zero-order valence-corrected chi connectivity index (χ0v) is 12.2. The van der Waals surface area contributed by atoms with E-state index in [1.165, 1.54) is 24.3 Å². The van der Waals surface area contributed by atoms with Crippen LogP contribution in [0.25, 0.3) is 0 Å². The number of carbonyl (C=O) groups is 2. The molecule has 0 atom stereocenters. The van der Waals surface area contributed by atoms with Crippen LogP contribution in [-0.4, -0.2) is 22.1 Å². The molecular formula is C16H17N3O4. The van der Waals surface area contributed by atoms with Crippen LogP contribution >= 0.6 is 0 Å². The van der Waals surface area contributed by atoms with Gasteiger partial charge in [-0.1, -0.05) is 18.2 Å². The summed E-state index contributed by atoms with van der Waals surface area (Å²) >= 11 is 0. The number of aromatic carboxylic acids is 1. The molecule has 0 aromatic heterocycles. The smallest absolute Gasteiger partial charge is 0.335 e. The van der Waals surface area contributed by atoms with Crippen molar-refractivity contribution >= 4 is 11.9 Å². The zero-order chi connectivity index (χ0) is 17.0. The molecule has 0 fully saturated rings. The van der Waals surface area contributed by atoms with Crippen LogP contribution in [0.3, 0.4) is 0 Å². The Balaban J connectivity index is 2.03. The Labute approximate surface area is 132 Å². The van der Waals surface area contributed by atoms with E-state index in [4.69, 9.17) is 16.6 Å². The van der Waals surface area contributed by atoms with Crippen molar-refractivity contribution in [3.8, 4) is 5.75 Å². The van der Waals surface area contributed by atoms with Gasteiger partial charge < -0.3 is 27.0 Å². The van der Waals surface area contributed by atoms with E-state index in [1.807, 2.05) is 0 Å². The summed E-state index contributed by atoms with van der Waals surface area (Å²) in [7, 11) is 0. The van der Waals surface area contributed by atoms with Crippen molar-refractivity contribution in [2.45, 2.75) is 12.7 Å². The second kappa shape index (κ2) is 6.91. The number of rotatable bonds is 5. The van der Waals surface area contributed by atoms with E-state index in [9.17, 15) is 14.7 Å². The number of nitrogens with two attached hydrogens (primary N) is 2. The Morgan fingerprint density at radius 2 is 1.74 bits per heavy atom. The van der Waals surface area contributed by atoms with E-state index in [0.717, 1.165) is 5.56 Å². The first-order valence-corrected chi connectivity index (χ1v) is 6.83. The molecule has 0 bridgehead atoms. The minimum atomic E-state index is -1.01. The molecule has 7 heteroatoms. The van der Waals surface area contributed by atoms with Gasteiger partial charge in [0.15, 0.2) is 0 Å². The van der Waals surface area contributed by atoms with E-state index in [0.29, 0.717) is 5.56 Å². The van der Waals surface area contributed by atoms with Gasteiger partial charge in [-0.25, -0.2) is 4.79 Å². The lowest BCUT2D eigenvalue weighted by Gasteiger charge is -2.10. The standard InChI is InChI=1S/C16H17N3O4/c17-14(18)11-5-6-12(13(20)7-11)15(21)19-8-9-1-3-10(4-2-9)16(22)23/h1-7,14,20H,8,17-18H2,(H,19,21)(H,22,23). The highest BCUT2D eigenvalue weighted by Gasteiger charge is 2.13. The minimum Gasteiger partial charge on any atom is -0.507 e. The van der Waals surface area contributed by atoms with E-state index in [-0.39, 0.29) is 23.4 Å². The summed E-state index contributed by atoms with van der Waals surface area (Å²) in [5.41, 5.74) is 12.5. The monoisotopic (exact) mass is 315 g/mol. The molecule has 1 amide bonds. The molecule has 0 saturated carbocycles. The van der Waals surface area contributed by atoms with E-state index in [1.54, 1.807) is 18.2 Å². The number of carboxylic acids is 1. The number of carboxylic acid groups (broad SMARTS) is 1. The lowest BCUT2D eigenvalue weighted by molar-refractivity contribution is 0.0696. The molecule has 7 N–H and O–H groups in total. The molecule has 120 valence electrons. The first kappa shape index (κ1) is 16.5. The van der Waals surface area contributed by atoms with Gasteiger partial charge in [0, 0.05) is 6.54 Å². The van der Waals surface area contributed by atoms with Crippen LogP contribution in [0.15, 0.2) is 42.5 Å². The molecule has 0 spiro atoms. The predicted molar refractivity (Wildman–Crippen MR) is 83.8 cm³/mol. The van der Waals surface area contributed by atoms with Crippen LogP contribution in [0.2, 0.25) is 0 Å². The number of amides is 1. The number of hydrogen-bond acceptors (Lipinski definition) is 5. The van der Waals surface area contributed by atoms with Gasteiger partial charge in [0.2, 0.25) is 0 Å². The summed E-state index contributed by atoms with van der Waals surface area (Å²) in [5.74, 6) is -1.67. The maximum Gasteiger partial charge on any atom is 0.335 e. The zero-order valence-electron chi connectivity index (χ0n) is 12.2. The van der Waals surface area contributed by atoms with Gasteiger partial charge in [-0.3, -0.25) is 4.79 Å². The van der Waals surface area contributed by atoms with Gasteiger partial charge in [-0.05, 0) is 35.4 Å². The fourth-order valence-corrected chi connectivity index (χ4v) is 1.99. The third kappa shape index (κ3) is 4.06. The van der Waals surface area contributed by atoms with Crippen molar-refractivity contribution in [3.63, 3.8) is 0 Å². The van der Waals surface area contributed by atoms with Gasteiger partial charge in [0.25, 0.3) is 5.91 Å². The lowest BCUT2D eigenvalue weighted by atomic mass is 10.1. The van der Waals surface area contributed by atoms with E-state index >= 15 is 0 Å². The lowest BCUT2D eigenvalue weighted by Crippen LogP contribution is -2.24. The molecule has 2 aromatic rings. The Kier molecular flexibility index (Phi) is 4.95. The van der Waals surface area contributed by atoms with Crippen molar-refractivity contribution < 1.29 is 19.8 Å². The van der Waals surface area contributed by atoms with Crippen LogP contribution in [0.4, 0.5) is 0 Å². The molecule has 0 aliphatic carbocycles. The third-order valence-electron chi connectivity index (χ3n) is 3.31. The van der Waals surface area contributed by atoms with E-state index in [2.05, 4.69) is 5.32 Å².